The van der Waals surface area contributed by atoms with Crippen LogP contribution in [0.15, 0.2) is 60.3 Å². The molecule has 0 bridgehead atoms. The average molecular weight is 503 g/mol. The number of benzene rings is 1. The van der Waals surface area contributed by atoms with E-state index in [0.717, 1.165) is 15.7 Å². The van der Waals surface area contributed by atoms with Crippen LogP contribution >= 0.6 is 23.6 Å². The van der Waals surface area contributed by atoms with Gasteiger partial charge < -0.3 is 0 Å². The van der Waals surface area contributed by atoms with Crippen LogP contribution < -0.4 is 20.6 Å². The van der Waals surface area contributed by atoms with E-state index in [-0.39, 0.29) is 10.7 Å². The molecule has 2 fully saturated rings. The summed E-state index contributed by atoms with van der Waals surface area (Å²) in [5.74, 6) is 0.160. The summed E-state index contributed by atoms with van der Waals surface area (Å²) in [5.41, 5.74) is 1.29. The molecule has 0 aliphatic carbocycles. The molecule has 34 heavy (non-hydrogen) atoms. The predicted molar refractivity (Wildman–Crippen MR) is 142 cm³/mol. The summed E-state index contributed by atoms with van der Waals surface area (Å²) in [7, 11) is -0.260. The molecule has 3 aliphatic rings. The van der Waals surface area contributed by atoms with Gasteiger partial charge in [-0.3, -0.25) is 24.7 Å². The third kappa shape index (κ3) is 3.11. The normalized spacial score (nSPS) is 20.0. The van der Waals surface area contributed by atoms with Gasteiger partial charge in [-0.05, 0) is 65.0 Å². The Morgan fingerprint density at radius 1 is 1.06 bits per heavy atom. The monoisotopic (exact) mass is 502 g/mol. The third-order valence-electron chi connectivity index (χ3n) is 7.06. The number of amides is 2. The maximum Gasteiger partial charge on any atom is 0.265 e. The van der Waals surface area contributed by atoms with Crippen LogP contribution in [-0.4, -0.2) is 41.9 Å². The number of anilines is 3. The van der Waals surface area contributed by atoms with Gasteiger partial charge in [-0.25, -0.2) is 4.98 Å². The number of pyridine rings is 1. The SMILES string of the molecule is CN1C(=O)/C(=C/c2ccc(N3c4ccccc4[Si]4(CCCC4)c4cccnc43)s2)C(=O)NC1=S. The van der Waals surface area contributed by atoms with Gasteiger partial charge in [0.05, 0.1) is 0 Å². The van der Waals surface area contributed by atoms with Crippen LogP contribution in [0.1, 0.15) is 17.7 Å². The van der Waals surface area contributed by atoms with Gasteiger partial charge in [0.2, 0.25) is 0 Å². The molecule has 6 rings (SSSR count). The first kappa shape index (κ1) is 21.4. The van der Waals surface area contributed by atoms with Gasteiger partial charge in [-0.2, -0.15) is 0 Å². The molecule has 0 saturated carbocycles. The predicted octanol–water partition coefficient (Wildman–Crippen LogP) is 3.54. The second-order valence-corrected chi connectivity index (χ2v) is 14.6. The number of hydrogen-bond acceptors (Lipinski definition) is 6. The summed E-state index contributed by atoms with van der Waals surface area (Å²) in [6, 6.07) is 19.6. The van der Waals surface area contributed by atoms with Crippen molar-refractivity contribution in [2.24, 2.45) is 0 Å². The number of hydrogen-bond donors (Lipinski definition) is 1. The highest BCUT2D eigenvalue weighted by molar-refractivity contribution is 7.80. The van der Waals surface area contributed by atoms with Crippen molar-refractivity contribution >= 4 is 81.5 Å². The Bertz CT molecular complexity index is 1340. The topological polar surface area (TPSA) is 65.5 Å². The Morgan fingerprint density at radius 3 is 2.65 bits per heavy atom. The molecule has 9 heteroatoms. The molecule has 2 saturated heterocycles. The van der Waals surface area contributed by atoms with Crippen LogP contribution in [0.2, 0.25) is 12.1 Å². The first-order chi connectivity index (χ1) is 16.5. The lowest BCUT2D eigenvalue weighted by molar-refractivity contribution is -0.128. The van der Waals surface area contributed by atoms with Crippen molar-refractivity contribution < 1.29 is 9.59 Å². The number of carbonyl (C=O) groups excluding carboxylic acids is 2. The minimum absolute atomic E-state index is 0.0828. The molecule has 3 aromatic rings. The van der Waals surface area contributed by atoms with Crippen molar-refractivity contribution in [3.63, 3.8) is 0 Å². The fraction of sp³-hybridized carbons (Fsp3) is 0.200. The fourth-order valence-electron chi connectivity index (χ4n) is 5.45. The minimum atomic E-state index is -1.82. The summed E-state index contributed by atoms with van der Waals surface area (Å²) >= 11 is 6.58. The van der Waals surface area contributed by atoms with E-state index in [0.29, 0.717) is 0 Å². The zero-order valence-electron chi connectivity index (χ0n) is 18.6. The lowest BCUT2D eigenvalue weighted by Gasteiger charge is -2.41. The first-order valence-corrected chi connectivity index (χ1v) is 14.9. The van der Waals surface area contributed by atoms with E-state index >= 15 is 0 Å². The third-order valence-corrected chi connectivity index (χ3v) is 13.7. The number of para-hydroxylation sites is 1. The van der Waals surface area contributed by atoms with Crippen molar-refractivity contribution in [3.05, 3.63) is 65.2 Å². The zero-order valence-corrected chi connectivity index (χ0v) is 21.2. The van der Waals surface area contributed by atoms with E-state index < -0.39 is 19.9 Å². The number of nitrogens with zero attached hydrogens (tertiary/aromatic N) is 3. The highest BCUT2D eigenvalue weighted by atomic mass is 32.1. The van der Waals surface area contributed by atoms with Gasteiger partial charge in [0, 0.05) is 23.8 Å². The fourth-order valence-corrected chi connectivity index (χ4v) is 12.0. The van der Waals surface area contributed by atoms with Gasteiger partial charge in [0.25, 0.3) is 11.8 Å². The van der Waals surface area contributed by atoms with Gasteiger partial charge in [-0.15, -0.1) is 11.3 Å². The average Bonchev–Trinajstić information content (AvgIpc) is 3.52. The van der Waals surface area contributed by atoms with Crippen molar-refractivity contribution in [1.29, 1.82) is 0 Å². The quantitative estimate of drug-likeness (QED) is 0.251. The second-order valence-electron chi connectivity index (χ2n) is 8.87. The number of aromatic nitrogens is 1. The van der Waals surface area contributed by atoms with E-state index in [2.05, 4.69) is 46.6 Å². The molecule has 0 unspecified atom stereocenters. The Labute approximate surface area is 207 Å². The van der Waals surface area contributed by atoms with Crippen molar-refractivity contribution in [1.82, 2.24) is 15.2 Å². The molecular formula is C25H22N4O2S2Si. The van der Waals surface area contributed by atoms with Crippen LogP contribution in [0.4, 0.5) is 16.5 Å². The van der Waals surface area contributed by atoms with Gasteiger partial charge in [0.15, 0.2) is 5.11 Å². The maximum absolute atomic E-state index is 12.6. The second kappa shape index (κ2) is 7.97. The Morgan fingerprint density at radius 2 is 1.82 bits per heavy atom. The molecule has 1 N–H and O–H groups in total. The number of thiocarbonyl (C=S) groups is 1. The van der Waals surface area contributed by atoms with Gasteiger partial charge >= 0.3 is 0 Å². The van der Waals surface area contributed by atoms with E-state index in [1.165, 1.54) is 57.2 Å². The lowest BCUT2D eigenvalue weighted by atomic mass is 10.1. The molecular weight excluding hydrogens is 481 g/mol. The molecule has 2 aromatic heterocycles. The number of fused-ring (bicyclic) bond motifs is 4. The summed E-state index contributed by atoms with van der Waals surface area (Å²) in [5, 5.41) is 6.60. The van der Waals surface area contributed by atoms with Crippen molar-refractivity contribution in [2.45, 2.75) is 24.9 Å². The van der Waals surface area contributed by atoms with Gasteiger partial charge in [-0.1, -0.05) is 37.1 Å². The highest BCUT2D eigenvalue weighted by Gasteiger charge is 2.48. The molecule has 3 aliphatic heterocycles. The number of rotatable bonds is 2. The Kier molecular flexibility index (Phi) is 5.01. The van der Waals surface area contributed by atoms with E-state index in [9.17, 15) is 9.59 Å². The Balaban J connectivity index is 1.46. The zero-order chi connectivity index (χ0) is 23.4. The van der Waals surface area contributed by atoms with Crippen LogP contribution in [0.25, 0.3) is 6.08 Å². The summed E-state index contributed by atoms with van der Waals surface area (Å²) in [6.07, 6.45) is 6.07. The molecule has 0 radical (unpaired) electrons. The Hall–Kier alpha value is -3.14. The summed E-state index contributed by atoms with van der Waals surface area (Å²) < 4.78 is 0. The number of carbonyl (C=O) groups is 2. The first-order valence-electron chi connectivity index (χ1n) is 11.3. The molecule has 1 spiro atoms. The van der Waals surface area contributed by atoms with Crippen LogP contribution in [0.5, 0.6) is 0 Å². The highest BCUT2D eigenvalue weighted by Crippen LogP contribution is 2.44. The molecule has 1 aromatic carbocycles. The van der Waals surface area contributed by atoms with Crippen molar-refractivity contribution in [3.8, 4) is 0 Å². The van der Waals surface area contributed by atoms with E-state index in [1.807, 2.05) is 18.3 Å². The summed E-state index contributed by atoms with van der Waals surface area (Å²) in [6.45, 7) is 0. The van der Waals surface area contributed by atoms with E-state index in [1.54, 1.807) is 13.1 Å². The van der Waals surface area contributed by atoms with Crippen LogP contribution in [0, 0.1) is 0 Å². The molecule has 2 amide bonds. The van der Waals surface area contributed by atoms with Crippen molar-refractivity contribution in [2.75, 3.05) is 11.9 Å². The minimum Gasteiger partial charge on any atom is -0.298 e. The summed E-state index contributed by atoms with van der Waals surface area (Å²) in [4.78, 5) is 34.3. The molecule has 0 atom stereocenters. The van der Waals surface area contributed by atoms with Crippen LogP contribution in [-0.2, 0) is 9.59 Å². The van der Waals surface area contributed by atoms with Gasteiger partial charge in [0.1, 0.15) is 24.5 Å². The maximum atomic E-state index is 12.6. The lowest BCUT2D eigenvalue weighted by Crippen LogP contribution is -2.61. The van der Waals surface area contributed by atoms with Crippen LogP contribution in [0.3, 0.4) is 0 Å². The van der Waals surface area contributed by atoms with E-state index in [4.69, 9.17) is 17.2 Å². The number of thiophene rings is 1. The largest absolute Gasteiger partial charge is 0.298 e. The number of likely N-dealkylation sites (N-methyl/N-ethyl adjacent to an activating group) is 1. The standard InChI is InChI=1S/C25H22N4O2S2Si/c1-28-24(31)17(23(30)27-25(28)32)15-16-10-11-21(33-16)29-18-7-2-3-8-19(18)34(13-4-5-14-34)20-9-6-12-26-22(20)29/h2-3,6-12,15H,4-5,13-14H2,1H3,(H,27,30,32)/b17-15+. The number of nitrogens with one attached hydrogen (secondary N) is 1. The molecule has 6 nitrogen and oxygen atoms in total. The smallest absolute Gasteiger partial charge is 0.265 e. The molecule has 170 valence electrons. The molecule has 5 heterocycles.